The van der Waals surface area contributed by atoms with Crippen LogP contribution in [-0.4, -0.2) is 41.9 Å². The molecule has 1 fully saturated rings. The number of nitrogens with zero attached hydrogens (tertiary/aromatic N) is 2. The first-order valence-corrected chi connectivity index (χ1v) is 9.89. The molecule has 2 aromatic carbocycles. The molecule has 0 saturated carbocycles. The van der Waals surface area contributed by atoms with Crippen LogP contribution in [-0.2, 0) is 11.3 Å². The molecule has 0 aromatic heterocycles. The van der Waals surface area contributed by atoms with Gasteiger partial charge >= 0.3 is 6.36 Å². The second kappa shape index (κ2) is 7.83. The Kier molecular flexibility index (Phi) is 5.36. The highest BCUT2D eigenvalue weighted by molar-refractivity contribution is 5.99. The molecule has 30 heavy (non-hydrogen) atoms. The third kappa shape index (κ3) is 4.23. The molecule has 2 bridgehead atoms. The lowest BCUT2D eigenvalue weighted by Crippen LogP contribution is -2.48. The van der Waals surface area contributed by atoms with Gasteiger partial charge in [-0.1, -0.05) is 24.3 Å². The summed E-state index contributed by atoms with van der Waals surface area (Å²) in [6.07, 6.45) is -4.18. The SMILES string of the molecule is CC(C)N1CC2CC1C(=O)N(Cc1ccc(OC(F)(F)F)cc1)c1ccccc1O2. The van der Waals surface area contributed by atoms with Gasteiger partial charge in [-0.05, 0) is 43.7 Å². The molecular weight excluding hydrogens is 397 g/mol. The Morgan fingerprint density at radius 1 is 1.13 bits per heavy atom. The number of para-hydroxylation sites is 2. The number of amides is 1. The highest BCUT2D eigenvalue weighted by atomic mass is 19.4. The summed E-state index contributed by atoms with van der Waals surface area (Å²) in [7, 11) is 0. The number of halogens is 3. The number of benzene rings is 2. The summed E-state index contributed by atoms with van der Waals surface area (Å²) in [6.45, 7) is 5.01. The number of carbonyl (C=O) groups is 1. The minimum absolute atomic E-state index is 0.0300. The number of anilines is 1. The van der Waals surface area contributed by atoms with Crippen molar-refractivity contribution in [3.63, 3.8) is 0 Å². The second-order valence-electron chi connectivity index (χ2n) is 7.87. The zero-order valence-electron chi connectivity index (χ0n) is 16.7. The molecule has 160 valence electrons. The molecule has 4 rings (SSSR count). The van der Waals surface area contributed by atoms with E-state index in [2.05, 4.69) is 23.5 Å². The maximum atomic E-state index is 13.5. The standard InChI is InChI=1S/C22H23F3N2O3/c1-14(2)26-13-17-11-19(26)21(28)27(18-5-3-4-6-20(18)29-17)12-15-7-9-16(10-8-15)30-22(23,24)25/h3-10,14,17,19H,11-13H2,1-2H3. The highest BCUT2D eigenvalue weighted by Gasteiger charge is 2.43. The van der Waals surface area contributed by atoms with E-state index in [1.54, 1.807) is 4.90 Å². The van der Waals surface area contributed by atoms with Crippen LogP contribution in [0.3, 0.4) is 0 Å². The van der Waals surface area contributed by atoms with Crippen molar-refractivity contribution in [1.82, 2.24) is 4.90 Å². The summed E-state index contributed by atoms with van der Waals surface area (Å²) in [5.74, 6) is 0.313. The van der Waals surface area contributed by atoms with Crippen LogP contribution in [0.15, 0.2) is 48.5 Å². The van der Waals surface area contributed by atoms with Gasteiger partial charge in [-0.3, -0.25) is 9.69 Å². The lowest BCUT2D eigenvalue weighted by molar-refractivity contribution is -0.274. The summed E-state index contributed by atoms with van der Waals surface area (Å²) in [6, 6.07) is 12.9. The van der Waals surface area contributed by atoms with Gasteiger partial charge in [0.05, 0.1) is 18.3 Å². The number of likely N-dealkylation sites (tertiary alicyclic amines) is 1. The molecule has 8 heteroatoms. The molecule has 0 spiro atoms. The Morgan fingerprint density at radius 2 is 1.83 bits per heavy atom. The summed E-state index contributed by atoms with van der Waals surface area (Å²) in [5.41, 5.74) is 1.36. The first-order valence-electron chi connectivity index (χ1n) is 9.89. The number of hydrogen-bond acceptors (Lipinski definition) is 4. The van der Waals surface area contributed by atoms with E-state index in [-0.39, 0.29) is 36.4 Å². The van der Waals surface area contributed by atoms with Gasteiger partial charge in [-0.2, -0.15) is 0 Å². The number of rotatable bonds is 4. The maximum Gasteiger partial charge on any atom is 0.573 e. The van der Waals surface area contributed by atoms with E-state index in [1.165, 1.54) is 24.3 Å². The van der Waals surface area contributed by atoms with Crippen LogP contribution in [0.2, 0.25) is 0 Å². The number of ether oxygens (including phenoxy) is 2. The van der Waals surface area contributed by atoms with E-state index in [4.69, 9.17) is 4.74 Å². The zero-order chi connectivity index (χ0) is 21.5. The minimum Gasteiger partial charge on any atom is -0.487 e. The summed E-state index contributed by atoms with van der Waals surface area (Å²) in [4.78, 5) is 17.4. The van der Waals surface area contributed by atoms with Crippen molar-refractivity contribution in [3.05, 3.63) is 54.1 Å². The Labute approximate surface area is 173 Å². The third-order valence-corrected chi connectivity index (χ3v) is 5.46. The predicted octanol–water partition coefficient (Wildman–Crippen LogP) is 4.36. The molecule has 0 N–H and O–H groups in total. The van der Waals surface area contributed by atoms with Crippen molar-refractivity contribution in [1.29, 1.82) is 0 Å². The number of alkyl halides is 3. The van der Waals surface area contributed by atoms with Crippen LogP contribution in [0, 0.1) is 0 Å². The van der Waals surface area contributed by atoms with Crippen molar-refractivity contribution >= 4 is 11.6 Å². The van der Waals surface area contributed by atoms with Gasteiger partial charge in [-0.15, -0.1) is 13.2 Å². The van der Waals surface area contributed by atoms with Crippen molar-refractivity contribution in [2.75, 3.05) is 11.4 Å². The summed E-state index contributed by atoms with van der Waals surface area (Å²) >= 11 is 0. The molecule has 2 aromatic rings. The average molecular weight is 420 g/mol. The molecule has 2 heterocycles. The van der Waals surface area contributed by atoms with Gasteiger partial charge < -0.3 is 14.4 Å². The average Bonchev–Trinajstić information content (AvgIpc) is 3.11. The molecule has 5 nitrogen and oxygen atoms in total. The Balaban J connectivity index is 1.64. The lowest BCUT2D eigenvalue weighted by Gasteiger charge is -2.33. The van der Waals surface area contributed by atoms with Crippen molar-refractivity contribution in [2.45, 2.75) is 51.4 Å². The van der Waals surface area contributed by atoms with Crippen LogP contribution in [0.5, 0.6) is 11.5 Å². The highest BCUT2D eigenvalue weighted by Crippen LogP contribution is 2.37. The fraction of sp³-hybridized carbons (Fsp3) is 0.409. The second-order valence-corrected chi connectivity index (χ2v) is 7.87. The van der Waals surface area contributed by atoms with E-state index >= 15 is 0 Å². The van der Waals surface area contributed by atoms with E-state index in [9.17, 15) is 18.0 Å². The first kappa shape index (κ1) is 20.5. The van der Waals surface area contributed by atoms with Gasteiger partial charge in [0.2, 0.25) is 5.91 Å². The largest absolute Gasteiger partial charge is 0.573 e. The van der Waals surface area contributed by atoms with E-state index < -0.39 is 6.36 Å². The number of fused-ring (bicyclic) bond motifs is 3. The molecule has 2 aliphatic rings. The molecule has 2 unspecified atom stereocenters. The molecule has 0 aliphatic carbocycles. The molecule has 0 radical (unpaired) electrons. The maximum absolute atomic E-state index is 13.5. The van der Waals surface area contributed by atoms with Crippen molar-refractivity contribution in [2.24, 2.45) is 0 Å². The van der Waals surface area contributed by atoms with E-state index in [1.807, 2.05) is 24.3 Å². The summed E-state index contributed by atoms with van der Waals surface area (Å²) < 4.78 is 47.4. The topological polar surface area (TPSA) is 42.0 Å². The first-order chi connectivity index (χ1) is 14.2. The summed E-state index contributed by atoms with van der Waals surface area (Å²) in [5, 5.41) is 0. The van der Waals surface area contributed by atoms with Crippen LogP contribution >= 0.6 is 0 Å². The molecular formula is C22H23F3N2O3. The van der Waals surface area contributed by atoms with Crippen LogP contribution < -0.4 is 14.4 Å². The van der Waals surface area contributed by atoms with E-state index in [0.29, 0.717) is 30.0 Å². The van der Waals surface area contributed by atoms with Crippen LogP contribution in [0.25, 0.3) is 0 Å². The van der Waals surface area contributed by atoms with Crippen molar-refractivity contribution < 1.29 is 27.4 Å². The van der Waals surface area contributed by atoms with Crippen molar-refractivity contribution in [3.8, 4) is 11.5 Å². The van der Waals surface area contributed by atoms with Gasteiger partial charge in [0.1, 0.15) is 17.6 Å². The third-order valence-electron chi connectivity index (χ3n) is 5.46. The minimum atomic E-state index is -4.74. The smallest absolute Gasteiger partial charge is 0.487 e. The number of carbonyl (C=O) groups excluding carboxylic acids is 1. The normalized spacial score (nSPS) is 21.8. The molecule has 1 amide bonds. The quantitative estimate of drug-likeness (QED) is 0.737. The van der Waals surface area contributed by atoms with Crippen LogP contribution in [0.4, 0.5) is 18.9 Å². The zero-order valence-corrected chi connectivity index (χ0v) is 16.7. The van der Waals surface area contributed by atoms with Gasteiger partial charge in [0.15, 0.2) is 0 Å². The Morgan fingerprint density at radius 3 is 2.50 bits per heavy atom. The monoisotopic (exact) mass is 420 g/mol. The van der Waals surface area contributed by atoms with Gasteiger partial charge in [0.25, 0.3) is 0 Å². The Hall–Kier alpha value is -2.74. The Bertz CT molecular complexity index is 915. The predicted molar refractivity (Wildman–Crippen MR) is 105 cm³/mol. The fourth-order valence-corrected chi connectivity index (χ4v) is 4.12. The molecule has 1 saturated heterocycles. The fourth-order valence-electron chi connectivity index (χ4n) is 4.12. The van der Waals surface area contributed by atoms with Gasteiger partial charge in [-0.25, -0.2) is 0 Å². The lowest BCUT2D eigenvalue weighted by atomic mass is 10.1. The molecule has 2 aliphatic heterocycles. The van der Waals surface area contributed by atoms with Crippen LogP contribution in [0.1, 0.15) is 25.8 Å². The number of hydrogen-bond donors (Lipinski definition) is 0. The van der Waals surface area contributed by atoms with E-state index in [0.717, 1.165) is 0 Å². The van der Waals surface area contributed by atoms with Gasteiger partial charge in [0, 0.05) is 19.0 Å². The molecule has 2 atom stereocenters.